The van der Waals surface area contributed by atoms with Crippen LogP contribution in [0.25, 0.3) is 0 Å². The van der Waals surface area contributed by atoms with Crippen LogP contribution in [-0.4, -0.2) is 33.5 Å². The van der Waals surface area contributed by atoms with E-state index in [2.05, 4.69) is 13.0 Å². The Morgan fingerprint density at radius 1 is 0.958 bits per heavy atom. The van der Waals surface area contributed by atoms with Gasteiger partial charge in [-0.05, 0) is 46.0 Å². The second-order valence-corrected chi connectivity index (χ2v) is 7.48. The normalized spacial score (nSPS) is 14.9. The molecule has 142 valence electrons. The number of carboxylic acids is 1. The zero-order valence-electron chi connectivity index (χ0n) is 15.8. The van der Waals surface area contributed by atoms with Crippen LogP contribution in [0.3, 0.4) is 0 Å². The Labute approximate surface area is 148 Å². The van der Waals surface area contributed by atoms with Gasteiger partial charge in [0.1, 0.15) is 0 Å². The maximum absolute atomic E-state index is 11.0. The highest BCUT2D eigenvalue weighted by Gasteiger charge is 2.25. The summed E-state index contributed by atoms with van der Waals surface area (Å²) >= 11 is 0. The van der Waals surface area contributed by atoms with Gasteiger partial charge in [0, 0.05) is 0 Å². The number of allylic oxidation sites excluding steroid dienone is 1. The molecule has 2 unspecified atom stereocenters. The summed E-state index contributed by atoms with van der Waals surface area (Å²) in [7, 11) is 0. The summed E-state index contributed by atoms with van der Waals surface area (Å²) in [4.78, 5) is 11.0. The van der Waals surface area contributed by atoms with Crippen LogP contribution >= 0.6 is 0 Å². The van der Waals surface area contributed by atoms with Gasteiger partial charge in [-0.1, -0.05) is 57.6 Å². The van der Waals surface area contributed by atoms with Crippen LogP contribution < -0.4 is 0 Å². The molecule has 0 aromatic carbocycles. The summed E-state index contributed by atoms with van der Waals surface area (Å²) in [5.41, 5.74) is -0.617. The van der Waals surface area contributed by atoms with Crippen molar-refractivity contribution in [3.05, 3.63) is 12.2 Å². The number of rotatable bonds is 15. The Kier molecular flexibility index (Phi) is 12.9. The highest BCUT2D eigenvalue weighted by atomic mass is 16.4. The molecule has 2 atom stereocenters. The molecule has 0 aliphatic rings. The first-order chi connectivity index (χ1) is 11.3. The molecule has 0 heterocycles. The van der Waals surface area contributed by atoms with Crippen molar-refractivity contribution in [3.8, 4) is 0 Å². The van der Waals surface area contributed by atoms with Gasteiger partial charge in [0.15, 0.2) is 0 Å². The van der Waals surface area contributed by atoms with E-state index in [0.717, 1.165) is 57.8 Å². The summed E-state index contributed by atoms with van der Waals surface area (Å²) in [6.07, 6.45) is 13.0. The lowest BCUT2D eigenvalue weighted by Gasteiger charge is -2.18. The van der Waals surface area contributed by atoms with Crippen molar-refractivity contribution < 1.29 is 20.1 Å². The number of aliphatic hydroxyl groups is 2. The van der Waals surface area contributed by atoms with Crippen LogP contribution in [0.5, 0.6) is 0 Å². The Hall–Kier alpha value is -0.870. The Balaban J connectivity index is 3.60. The first-order valence-electron chi connectivity index (χ1n) is 9.55. The molecule has 0 bridgehead atoms. The molecular weight excluding hydrogens is 304 g/mol. The average molecular weight is 343 g/mol. The van der Waals surface area contributed by atoms with E-state index in [4.69, 9.17) is 5.11 Å². The van der Waals surface area contributed by atoms with E-state index in [1.54, 1.807) is 13.8 Å². The molecule has 0 aromatic rings. The number of hydrogen-bond donors (Lipinski definition) is 3. The van der Waals surface area contributed by atoms with E-state index in [-0.39, 0.29) is 0 Å². The van der Waals surface area contributed by atoms with Gasteiger partial charge in [-0.2, -0.15) is 0 Å². The largest absolute Gasteiger partial charge is 0.481 e. The van der Waals surface area contributed by atoms with E-state index in [1.807, 2.05) is 6.08 Å². The van der Waals surface area contributed by atoms with Crippen molar-refractivity contribution in [1.29, 1.82) is 0 Å². The Bertz CT molecular complexity index is 350. The van der Waals surface area contributed by atoms with E-state index in [9.17, 15) is 15.0 Å². The Morgan fingerprint density at radius 3 is 2.25 bits per heavy atom. The minimum Gasteiger partial charge on any atom is -0.481 e. The molecule has 0 saturated carbocycles. The van der Waals surface area contributed by atoms with Gasteiger partial charge in [-0.25, -0.2) is 0 Å². The number of carboxylic acid groups (broad SMARTS) is 1. The number of carbonyl (C=O) groups is 1. The maximum atomic E-state index is 11.0. The summed E-state index contributed by atoms with van der Waals surface area (Å²) < 4.78 is 0. The third-order valence-corrected chi connectivity index (χ3v) is 4.59. The van der Waals surface area contributed by atoms with Crippen LogP contribution in [0.15, 0.2) is 12.2 Å². The summed E-state index contributed by atoms with van der Waals surface area (Å²) in [6.45, 7) is 5.68. The number of aliphatic carboxylic acids is 1. The minimum absolute atomic E-state index is 0.514. The predicted molar refractivity (Wildman–Crippen MR) is 99.0 cm³/mol. The number of aliphatic hydroxyl groups excluding tert-OH is 2. The molecular formula is C20H38O4. The van der Waals surface area contributed by atoms with E-state index >= 15 is 0 Å². The molecule has 0 rings (SSSR count). The van der Waals surface area contributed by atoms with Crippen molar-refractivity contribution >= 4 is 5.97 Å². The van der Waals surface area contributed by atoms with Crippen molar-refractivity contribution in [2.45, 2.75) is 104 Å². The molecule has 0 aromatic heterocycles. The zero-order valence-corrected chi connectivity index (χ0v) is 15.8. The molecule has 0 amide bonds. The molecule has 4 nitrogen and oxygen atoms in total. The predicted octanol–water partition coefficient (Wildman–Crippen LogP) is 4.69. The van der Waals surface area contributed by atoms with Crippen molar-refractivity contribution in [2.24, 2.45) is 5.41 Å². The standard InChI is InChI=1S/C20H38O4/c1-4-5-11-14-17(21)18(22)15-12-9-7-6-8-10-13-16-20(2,3)19(23)24/h9,12,17-18,21-22H,4-8,10-11,13-16H2,1-3H3,(H,23,24)/b12-9-. The van der Waals surface area contributed by atoms with Gasteiger partial charge in [0.25, 0.3) is 0 Å². The molecule has 0 radical (unpaired) electrons. The van der Waals surface area contributed by atoms with Gasteiger partial charge < -0.3 is 15.3 Å². The quantitative estimate of drug-likeness (QED) is 0.298. The number of unbranched alkanes of at least 4 members (excludes halogenated alkanes) is 6. The van der Waals surface area contributed by atoms with E-state index < -0.39 is 23.6 Å². The summed E-state index contributed by atoms with van der Waals surface area (Å²) in [6, 6.07) is 0. The lowest BCUT2D eigenvalue weighted by Crippen LogP contribution is -2.25. The van der Waals surface area contributed by atoms with Crippen molar-refractivity contribution in [2.75, 3.05) is 0 Å². The van der Waals surface area contributed by atoms with Gasteiger partial charge in [0.2, 0.25) is 0 Å². The fourth-order valence-corrected chi connectivity index (χ4v) is 2.60. The third-order valence-electron chi connectivity index (χ3n) is 4.59. The van der Waals surface area contributed by atoms with Gasteiger partial charge >= 0.3 is 5.97 Å². The molecule has 4 heteroatoms. The molecule has 0 spiro atoms. The van der Waals surface area contributed by atoms with Crippen LogP contribution in [0.2, 0.25) is 0 Å². The molecule has 0 aliphatic carbocycles. The van der Waals surface area contributed by atoms with E-state index in [0.29, 0.717) is 12.8 Å². The van der Waals surface area contributed by atoms with Gasteiger partial charge in [-0.15, -0.1) is 0 Å². The smallest absolute Gasteiger partial charge is 0.309 e. The fraction of sp³-hybridized carbons (Fsp3) is 0.850. The van der Waals surface area contributed by atoms with Crippen molar-refractivity contribution in [3.63, 3.8) is 0 Å². The average Bonchev–Trinajstić information content (AvgIpc) is 2.52. The minimum atomic E-state index is -0.721. The summed E-state index contributed by atoms with van der Waals surface area (Å²) in [5.74, 6) is -0.721. The second-order valence-electron chi connectivity index (χ2n) is 7.48. The summed E-state index contributed by atoms with van der Waals surface area (Å²) in [5, 5.41) is 28.7. The first-order valence-corrected chi connectivity index (χ1v) is 9.55. The van der Waals surface area contributed by atoms with Gasteiger partial charge in [0.05, 0.1) is 17.6 Å². The molecule has 0 saturated heterocycles. The SMILES string of the molecule is CCCCCC(O)C(O)C/C=C\CCCCCCC(C)(C)C(=O)O. The fourth-order valence-electron chi connectivity index (χ4n) is 2.60. The van der Waals surface area contributed by atoms with Crippen LogP contribution in [0, 0.1) is 5.41 Å². The third kappa shape index (κ3) is 11.6. The lowest BCUT2D eigenvalue weighted by atomic mass is 9.87. The lowest BCUT2D eigenvalue weighted by molar-refractivity contribution is -0.147. The highest BCUT2D eigenvalue weighted by Crippen LogP contribution is 2.24. The first kappa shape index (κ1) is 23.1. The van der Waals surface area contributed by atoms with Crippen LogP contribution in [-0.2, 0) is 4.79 Å². The molecule has 3 N–H and O–H groups in total. The zero-order chi connectivity index (χ0) is 18.4. The van der Waals surface area contributed by atoms with Gasteiger partial charge in [-0.3, -0.25) is 4.79 Å². The van der Waals surface area contributed by atoms with Crippen LogP contribution in [0.4, 0.5) is 0 Å². The highest BCUT2D eigenvalue weighted by molar-refractivity contribution is 5.73. The van der Waals surface area contributed by atoms with Crippen molar-refractivity contribution in [1.82, 2.24) is 0 Å². The monoisotopic (exact) mass is 342 g/mol. The molecule has 0 aliphatic heterocycles. The number of hydrogen-bond acceptors (Lipinski definition) is 3. The van der Waals surface area contributed by atoms with Crippen LogP contribution in [0.1, 0.15) is 91.4 Å². The van der Waals surface area contributed by atoms with E-state index in [1.165, 1.54) is 0 Å². The second kappa shape index (κ2) is 13.4. The molecule has 24 heavy (non-hydrogen) atoms. The maximum Gasteiger partial charge on any atom is 0.309 e. The Morgan fingerprint density at radius 2 is 1.62 bits per heavy atom. The molecule has 0 fully saturated rings. The topological polar surface area (TPSA) is 77.8 Å².